The normalized spacial score (nSPS) is 11.8. The van der Waals surface area contributed by atoms with Crippen LogP contribution in [0.25, 0.3) is 6.08 Å². The van der Waals surface area contributed by atoms with E-state index in [9.17, 15) is 18.0 Å². The first-order chi connectivity index (χ1) is 10.4. The number of hydrogen-bond donors (Lipinski definition) is 0. The molecule has 0 radical (unpaired) electrons. The molecule has 1 aromatic carbocycles. The molecule has 0 bridgehead atoms. The number of hydrogen-bond acceptors (Lipinski definition) is 2. The molecule has 0 saturated carbocycles. The van der Waals surface area contributed by atoms with E-state index in [1.54, 1.807) is 19.2 Å². The van der Waals surface area contributed by atoms with Crippen molar-refractivity contribution in [1.29, 1.82) is 0 Å². The van der Waals surface area contributed by atoms with Crippen molar-refractivity contribution in [3.8, 4) is 0 Å². The van der Waals surface area contributed by atoms with Crippen LogP contribution in [0.1, 0.15) is 16.9 Å². The molecule has 1 heterocycles. The van der Waals surface area contributed by atoms with Gasteiger partial charge in [0.25, 0.3) is 0 Å². The predicted molar refractivity (Wildman–Crippen MR) is 75.7 cm³/mol. The smallest absolute Gasteiger partial charge is 0.416 e. The van der Waals surface area contributed by atoms with Gasteiger partial charge in [-0.1, -0.05) is 12.1 Å². The van der Waals surface area contributed by atoms with Crippen LogP contribution < -0.4 is 0 Å². The van der Waals surface area contributed by atoms with Gasteiger partial charge >= 0.3 is 6.18 Å². The molecule has 1 amide bonds. The molecule has 0 fully saturated rings. The Labute approximate surface area is 125 Å². The summed E-state index contributed by atoms with van der Waals surface area (Å²) in [7, 11) is 1.58. The number of alkyl halides is 3. The van der Waals surface area contributed by atoms with Gasteiger partial charge in [0, 0.05) is 19.7 Å². The molecule has 0 aliphatic rings. The molecule has 3 nitrogen and oxygen atoms in total. The van der Waals surface area contributed by atoms with E-state index >= 15 is 0 Å². The minimum Gasteiger partial charge on any atom is -0.465 e. The highest BCUT2D eigenvalue weighted by molar-refractivity contribution is 5.91. The number of likely N-dealkylation sites (N-methyl/N-ethyl adjacent to an activating group) is 1. The van der Waals surface area contributed by atoms with Gasteiger partial charge in [0.1, 0.15) is 5.76 Å². The van der Waals surface area contributed by atoms with Crippen molar-refractivity contribution in [1.82, 2.24) is 4.90 Å². The molecule has 1 aromatic heterocycles. The standard InChI is InChI=1S/C16H14F3NO2/c1-20(15(21)9-8-14-3-2-10-22-14)11-12-4-6-13(7-5-12)16(17,18)19/h2-10H,11H2,1H3/b9-8+. The Morgan fingerprint density at radius 3 is 2.45 bits per heavy atom. The molecule has 0 spiro atoms. The number of carbonyl (C=O) groups excluding carboxylic acids is 1. The van der Waals surface area contributed by atoms with E-state index in [-0.39, 0.29) is 12.5 Å². The summed E-state index contributed by atoms with van der Waals surface area (Å²) < 4.78 is 42.5. The fourth-order valence-corrected chi connectivity index (χ4v) is 1.82. The second kappa shape index (κ2) is 6.51. The molecule has 0 aliphatic carbocycles. The molecule has 2 rings (SSSR count). The number of benzene rings is 1. The summed E-state index contributed by atoms with van der Waals surface area (Å²) in [5.74, 6) is 0.285. The lowest BCUT2D eigenvalue weighted by molar-refractivity contribution is -0.137. The molecule has 2 aromatic rings. The van der Waals surface area contributed by atoms with Crippen molar-refractivity contribution < 1.29 is 22.4 Å². The predicted octanol–water partition coefficient (Wildman–Crippen LogP) is 3.97. The zero-order valence-electron chi connectivity index (χ0n) is 11.8. The Balaban J connectivity index is 1.96. The number of furan rings is 1. The lowest BCUT2D eigenvalue weighted by Gasteiger charge is -2.15. The maximum absolute atomic E-state index is 12.5. The molecule has 0 N–H and O–H groups in total. The Hall–Kier alpha value is -2.50. The van der Waals surface area contributed by atoms with Crippen LogP contribution >= 0.6 is 0 Å². The summed E-state index contributed by atoms with van der Waals surface area (Å²) in [6, 6.07) is 8.15. The van der Waals surface area contributed by atoms with E-state index in [0.29, 0.717) is 11.3 Å². The fourth-order valence-electron chi connectivity index (χ4n) is 1.82. The highest BCUT2D eigenvalue weighted by Crippen LogP contribution is 2.29. The second-order valence-electron chi connectivity index (χ2n) is 4.74. The Bertz CT molecular complexity index is 643. The third-order valence-corrected chi connectivity index (χ3v) is 3.01. The first kappa shape index (κ1) is 15.9. The Morgan fingerprint density at radius 2 is 1.91 bits per heavy atom. The van der Waals surface area contributed by atoms with Crippen LogP contribution in [0.3, 0.4) is 0 Å². The van der Waals surface area contributed by atoms with Gasteiger partial charge in [-0.05, 0) is 35.9 Å². The Morgan fingerprint density at radius 1 is 1.23 bits per heavy atom. The number of nitrogens with zero attached hydrogens (tertiary/aromatic N) is 1. The molecule has 6 heteroatoms. The van der Waals surface area contributed by atoms with Crippen LogP contribution in [0.15, 0.2) is 53.2 Å². The van der Waals surface area contributed by atoms with Gasteiger partial charge in [0.15, 0.2) is 0 Å². The zero-order chi connectivity index (χ0) is 16.2. The largest absolute Gasteiger partial charge is 0.465 e. The zero-order valence-corrected chi connectivity index (χ0v) is 11.8. The van der Waals surface area contributed by atoms with Crippen molar-refractivity contribution in [2.24, 2.45) is 0 Å². The van der Waals surface area contributed by atoms with E-state index in [1.807, 2.05) is 0 Å². The Kier molecular flexibility index (Phi) is 4.70. The summed E-state index contributed by atoms with van der Waals surface area (Å²) in [5.41, 5.74) is -0.0850. The average molecular weight is 309 g/mol. The molecule has 116 valence electrons. The van der Waals surface area contributed by atoms with Gasteiger partial charge in [-0.2, -0.15) is 13.2 Å². The summed E-state index contributed by atoms with van der Waals surface area (Å²) in [5, 5.41) is 0. The number of amides is 1. The third kappa shape index (κ3) is 4.25. The quantitative estimate of drug-likeness (QED) is 0.801. The van der Waals surface area contributed by atoms with Crippen LogP contribution in [0.4, 0.5) is 13.2 Å². The van der Waals surface area contributed by atoms with E-state index in [1.165, 1.54) is 35.4 Å². The van der Waals surface area contributed by atoms with E-state index < -0.39 is 11.7 Å². The van der Waals surface area contributed by atoms with Gasteiger partial charge in [-0.3, -0.25) is 4.79 Å². The minimum absolute atomic E-state index is 0.222. The van der Waals surface area contributed by atoms with Crippen LogP contribution in [0, 0.1) is 0 Å². The maximum Gasteiger partial charge on any atom is 0.416 e. The summed E-state index contributed by atoms with van der Waals surface area (Å²) in [4.78, 5) is 13.3. The summed E-state index contributed by atoms with van der Waals surface area (Å²) >= 11 is 0. The van der Waals surface area contributed by atoms with Gasteiger partial charge in [0.2, 0.25) is 5.91 Å². The monoisotopic (exact) mass is 309 g/mol. The lowest BCUT2D eigenvalue weighted by Crippen LogP contribution is -2.24. The second-order valence-corrected chi connectivity index (χ2v) is 4.74. The topological polar surface area (TPSA) is 33.5 Å². The first-order valence-electron chi connectivity index (χ1n) is 6.49. The number of halogens is 3. The SMILES string of the molecule is CN(Cc1ccc(C(F)(F)F)cc1)C(=O)/C=C/c1ccco1. The van der Waals surface area contributed by atoms with Crippen molar-refractivity contribution in [2.45, 2.75) is 12.7 Å². The number of carbonyl (C=O) groups is 1. The van der Waals surface area contributed by atoms with Gasteiger partial charge in [-0.15, -0.1) is 0 Å². The summed E-state index contributed by atoms with van der Waals surface area (Å²) in [6.07, 6.45) is 0.0244. The van der Waals surface area contributed by atoms with Crippen LogP contribution in [-0.2, 0) is 17.5 Å². The lowest BCUT2D eigenvalue weighted by atomic mass is 10.1. The fraction of sp³-hybridized carbons (Fsp3) is 0.188. The van der Waals surface area contributed by atoms with Crippen molar-refractivity contribution >= 4 is 12.0 Å². The molecule has 0 saturated heterocycles. The molecule has 0 atom stereocenters. The van der Waals surface area contributed by atoms with Crippen LogP contribution in [0.5, 0.6) is 0 Å². The molecule has 22 heavy (non-hydrogen) atoms. The minimum atomic E-state index is -4.36. The average Bonchev–Trinajstić information content (AvgIpc) is 2.97. The third-order valence-electron chi connectivity index (χ3n) is 3.01. The van der Waals surface area contributed by atoms with E-state index in [2.05, 4.69) is 0 Å². The van der Waals surface area contributed by atoms with Gasteiger partial charge < -0.3 is 9.32 Å². The molecule has 0 unspecified atom stereocenters. The first-order valence-corrected chi connectivity index (χ1v) is 6.49. The van der Waals surface area contributed by atoms with Gasteiger partial charge in [0.05, 0.1) is 11.8 Å². The number of rotatable bonds is 4. The van der Waals surface area contributed by atoms with E-state index in [0.717, 1.165) is 12.1 Å². The van der Waals surface area contributed by atoms with E-state index in [4.69, 9.17) is 4.42 Å². The van der Waals surface area contributed by atoms with Crippen LogP contribution in [0.2, 0.25) is 0 Å². The van der Waals surface area contributed by atoms with Crippen molar-refractivity contribution in [3.05, 3.63) is 65.6 Å². The van der Waals surface area contributed by atoms with Crippen LogP contribution in [-0.4, -0.2) is 17.9 Å². The molecule has 0 aliphatic heterocycles. The molecular weight excluding hydrogens is 295 g/mol. The molecular formula is C16H14F3NO2. The van der Waals surface area contributed by atoms with Crippen molar-refractivity contribution in [3.63, 3.8) is 0 Å². The summed E-state index contributed by atoms with van der Waals surface area (Å²) in [6.45, 7) is 0.222. The maximum atomic E-state index is 12.5. The highest BCUT2D eigenvalue weighted by Gasteiger charge is 2.29. The van der Waals surface area contributed by atoms with Crippen molar-refractivity contribution in [2.75, 3.05) is 7.05 Å². The van der Waals surface area contributed by atoms with Gasteiger partial charge in [-0.25, -0.2) is 0 Å². The highest BCUT2D eigenvalue weighted by atomic mass is 19.4.